The molecule has 0 amide bonds. The fourth-order valence-electron chi connectivity index (χ4n) is 2.50. The van der Waals surface area contributed by atoms with Gasteiger partial charge < -0.3 is 4.74 Å². The van der Waals surface area contributed by atoms with Crippen LogP contribution in [0.4, 0.5) is 5.69 Å². The van der Waals surface area contributed by atoms with E-state index in [-0.39, 0.29) is 4.90 Å². The zero-order valence-electron chi connectivity index (χ0n) is 13.3. The Bertz CT molecular complexity index is 878. The molecule has 0 unspecified atom stereocenters. The summed E-state index contributed by atoms with van der Waals surface area (Å²) in [7, 11) is -2.13. The van der Waals surface area contributed by atoms with Crippen LogP contribution in [0.1, 0.15) is 29.9 Å². The summed E-state index contributed by atoms with van der Waals surface area (Å²) in [6.07, 6.45) is 2.13. The van der Waals surface area contributed by atoms with Crippen LogP contribution in [0.2, 0.25) is 5.02 Å². The van der Waals surface area contributed by atoms with Crippen molar-refractivity contribution < 1.29 is 13.2 Å². The number of anilines is 1. The third-order valence-corrected chi connectivity index (χ3v) is 6.83. The largest absolute Gasteiger partial charge is 0.494 e. The molecule has 2 aromatic rings. The summed E-state index contributed by atoms with van der Waals surface area (Å²) in [6.45, 7) is 1.92. The molecule has 0 aliphatic heterocycles. The van der Waals surface area contributed by atoms with Crippen LogP contribution < -0.4 is 9.46 Å². The van der Waals surface area contributed by atoms with E-state index in [1.807, 2.05) is 13.0 Å². The van der Waals surface area contributed by atoms with Crippen molar-refractivity contribution in [1.82, 2.24) is 0 Å². The second-order valence-electron chi connectivity index (χ2n) is 5.87. The number of nitrogens with one attached hydrogen (secondary N) is 1. The minimum absolute atomic E-state index is 0.228. The van der Waals surface area contributed by atoms with Crippen molar-refractivity contribution in [3.8, 4) is 5.75 Å². The molecule has 1 aliphatic carbocycles. The number of ether oxygens (including phenoxy) is 1. The lowest BCUT2D eigenvalue weighted by Gasteiger charge is -2.16. The zero-order valence-corrected chi connectivity index (χ0v) is 17.0. The molecule has 0 aromatic heterocycles. The molecule has 0 radical (unpaired) electrons. The van der Waals surface area contributed by atoms with Crippen LogP contribution in [0.15, 0.2) is 35.2 Å². The van der Waals surface area contributed by atoms with Crippen LogP contribution in [-0.2, 0) is 10.0 Å². The smallest absolute Gasteiger partial charge is 0.261 e. The van der Waals surface area contributed by atoms with Gasteiger partial charge in [-0.1, -0.05) is 29.3 Å². The van der Waals surface area contributed by atoms with Gasteiger partial charge in [-0.2, -0.15) is 0 Å². The van der Waals surface area contributed by atoms with Crippen molar-refractivity contribution in [1.29, 1.82) is 0 Å². The number of sulfonamides is 1. The molecule has 1 N–H and O–H groups in total. The summed E-state index contributed by atoms with van der Waals surface area (Å²) in [5, 5.41) is 0.572. The van der Waals surface area contributed by atoms with Gasteiger partial charge in [0.15, 0.2) is 5.75 Å². The van der Waals surface area contributed by atoms with Gasteiger partial charge in [0.1, 0.15) is 0 Å². The molecule has 0 atom stereocenters. The van der Waals surface area contributed by atoms with E-state index in [9.17, 15) is 8.42 Å². The fraction of sp³-hybridized carbons (Fsp3) is 0.294. The molecule has 2 aromatic carbocycles. The average Bonchev–Trinajstić information content (AvgIpc) is 3.36. The van der Waals surface area contributed by atoms with E-state index in [1.54, 1.807) is 24.3 Å². The maximum Gasteiger partial charge on any atom is 0.261 e. The van der Waals surface area contributed by atoms with E-state index in [0.717, 1.165) is 24.0 Å². The van der Waals surface area contributed by atoms with Crippen molar-refractivity contribution in [3.05, 3.63) is 50.1 Å². The van der Waals surface area contributed by atoms with Gasteiger partial charge in [0.2, 0.25) is 0 Å². The first-order valence-corrected chi connectivity index (χ1v) is 10.4. The highest BCUT2D eigenvalue weighted by molar-refractivity contribution is 14.1. The van der Waals surface area contributed by atoms with Gasteiger partial charge in [-0.15, -0.1) is 0 Å². The summed E-state index contributed by atoms with van der Waals surface area (Å²) >= 11 is 8.48. The molecule has 1 saturated carbocycles. The highest BCUT2D eigenvalue weighted by atomic mass is 127. The molecular weight excluding hydrogens is 461 g/mol. The van der Waals surface area contributed by atoms with Gasteiger partial charge in [-0.3, -0.25) is 4.72 Å². The standard InChI is InChI=1S/C17H17ClINO3S/c1-10-3-7-12(8-4-10)24(21,22)20-14-9-13(11-5-6-11)15(18)17(23-2)16(14)19/h3-4,7-9,11,20H,5-6H2,1-2H3. The highest BCUT2D eigenvalue weighted by Crippen LogP contribution is 2.49. The number of methoxy groups -OCH3 is 1. The molecule has 0 saturated heterocycles. The van der Waals surface area contributed by atoms with Gasteiger partial charge in [0.05, 0.1) is 26.3 Å². The Morgan fingerprint density at radius 1 is 1.25 bits per heavy atom. The topological polar surface area (TPSA) is 55.4 Å². The Morgan fingerprint density at radius 2 is 1.88 bits per heavy atom. The lowest BCUT2D eigenvalue weighted by atomic mass is 10.1. The number of hydrogen-bond acceptors (Lipinski definition) is 3. The minimum atomic E-state index is -3.67. The minimum Gasteiger partial charge on any atom is -0.494 e. The average molecular weight is 478 g/mol. The normalized spacial score (nSPS) is 14.5. The van der Waals surface area contributed by atoms with Gasteiger partial charge in [-0.05, 0) is 72.0 Å². The van der Waals surface area contributed by atoms with E-state index in [1.165, 1.54) is 7.11 Å². The molecule has 1 fully saturated rings. The van der Waals surface area contributed by atoms with Gasteiger partial charge >= 0.3 is 0 Å². The predicted octanol–water partition coefficient (Wildman–Crippen LogP) is 4.94. The lowest BCUT2D eigenvalue weighted by molar-refractivity contribution is 0.412. The molecule has 0 heterocycles. The molecule has 1 aliphatic rings. The highest BCUT2D eigenvalue weighted by Gasteiger charge is 2.30. The molecule has 7 heteroatoms. The molecule has 0 bridgehead atoms. The summed E-state index contributed by atoms with van der Waals surface area (Å²) in [4.78, 5) is 0.228. The lowest BCUT2D eigenvalue weighted by Crippen LogP contribution is -2.14. The molecule has 3 rings (SSSR count). The maximum atomic E-state index is 12.7. The predicted molar refractivity (Wildman–Crippen MR) is 105 cm³/mol. The van der Waals surface area contributed by atoms with Crippen LogP contribution >= 0.6 is 34.2 Å². The van der Waals surface area contributed by atoms with Crippen LogP contribution in [-0.4, -0.2) is 15.5 Å². The van der Waals surface area contributed by atoms with Crippen LogP contribution in [0.5, 0.6) is 5.75 Å². The summed E-state index contributed by atoms with van der Waals surface area (Å²) < 4.78 is 34.0. The summed E-state index contributed by atoms with van der Waals surface area (Å²) in [5.41, 5.74) is 2.45. The van der Waals surface area contributed by atoms with Gasteiger partial charge in [0.25, 0.3) is 10.0 Å². The Kier molecular flexibility index (Phi) is 4.99. The van der Waals surface area contributed by atoms with Crippen molar-refractivity contribution >= 4 is 49.9 Å². The monoisotopic (exact) mass is 477 g/mol. The van der Waals surface area contributed by atoms with E-state index >= 15 is 0 Å². The summed E-state index contributed by atoms with van der Waals surface area (Å²) in [6, 6.07) is 8.57. The van der Waals surface area contributed by atoms with Crippen LogP contribution in [0.25, 0.3) is 0 Å². The molecule has 128 valence electrons. The van der Waals surface area contributed by atoms with E-state index in [2.05, 4.69) is 27.3 Å². The van der Waals surface area contributed by atoms with Crippen molar-refractivity contribution in [2.75, 3.05) is 11.8 Å². The first kappa shape index (κ1) is 17.8. The SMILES string of the molecule is COc1c(Cl)c(C2CC2)cc(NS(=O)(=O)c2ccc(C)cc2)c1I. The van der Waals surface area contributed by atoms with E-state index < -0.39 is 10.0 Å². The maximum absolute atomic E-state index is 12.7. The van der Waals surface area contributed by atoms with Crippen molar-refractivity contribution in [3.63, 3.8) is 0 Å². The zero-order chi connectivity index (χ0) is 17.5. The second-order valence-corrected chi connectivity index (χ2v) is 9.01. The number of rotatable bonds is 5. The van der Waals surface area contributed by atoms with Crippen LogP contribution in [0, 0.1) is 10.5 Å². The Labute approximate surface area is 160 Å². The first-order valence-electron chi connectivity index (χ1n) is 7.49. The van der Waals surface area contributed by atoms with E-state index in [4.69, 9.17) is 16.3 Å². The van der Waals surface area contributed by atoms with Gasteiger partial charge in [-0.25, -0.2) is 8.42 Å². The Morgan fingerprint density at radius 3 is 2.42 bits per heavy atom. The fourth-order valence-corrected chi connectivity index (χ4v) is 5.06. The molecule has 24 heavy (non-hydrogen) atoms. The Balaban J connectivity index is 2.03. The number of halogens is 2. The van der Waals surface area contributed by atoms with Gasteiger partial charge in [0, 0.05) is 0 Å². The molecular formula is C17H17ClINO3S. The van der Waals surface area contributed by atoms with Crippen molar-refractivity contribution in [2.24, 2.45) is 0 Å². The molecule has 4 nitrogen and oxygen atoms in total. The third kappa shape index (κ3) is 3.50. The molecule has 0 spiro atoms. The summed E-state index contributed by atoms with van der Waals surface area (Å²) in [5.74, 6) is 0.898. The van der Waals surface area contributed by atoms with E-state index in [0.29, 0.717) is 25.9 Å². The third-order valence-electron chi connectivity index (χ3n) is 3.99. The number of benzene rings is 2. The quantitative estimate of drug-likeness (QED) is 0.621. The number of aryl methyl sites for hydroxylation is 1. The second kappa shape index (κ2) is 6.72. The van der Waals surface area contributed by atoms with Crippen molar-refractivity contribution in [2.45, 2.75) is 30.6 Å². The van der Waals surface area contributed by atoms with Crippen LogP contribution in [0.3, 0.4) is 0 Å². The Hall–Kier alpha value is -0.990. The first-order chi connectivity index (χ1) is 11.3. The number of hydrogen-bond donors (Lipinski definition) is 1.